The summed E-state index contributed by atoms with van der Waals surface area (Å²) in [6.45, 7) is 3.38. The fourth-order valence-electron chi connectivity index (χ4n) is 4.05. The highest BCUT2D eigenvalue weighted by atomic mass is 19.1. The number of amides is 3. The molecule has 9 heteroatoms. The SMILES string of the molecule is N#Cc1ccc(N2C(=O)CC(N(CCN3CCOCC3)C(=O)c3ccc(F)cc3)C2=O)cc1. The lowest BCUT2D eigenvalue weighted by molar-refractivity contribution is -0.122. The number of morpholine rings is 1. The number of rotatable bonds is 6. The van der Waals surface area contributed by atoms with E-state index in [2.05, 4.69) is 4.90 Å². The summed E-state index contributed by atoms with van der Waals surface area (Å²) in [6, 6.07) is 12.3. The molecule has 0 radical (unpaired) electrons. The van der Waals surface area contributed by atoms with Gasteiger partial charge in [0.1, 0.15) is 11.9 Å². The van der Waals surface area contributed by atoms with Crippen LogP contribution in [-0.4, -0.2) is 73.0 Å². The van der Waals surface area contributed by atoms with Crippen molar-refractivity contribution in [2.75, 3.05) is 44.3 Å². The molecule has 2 aromatic carbocycles. The summed E-state index contributed by atoms with van der Waals surface area (Å²) in [4.78, 5) is 44.0. The number of nitrogens with zero attached hydrogens (tertiary/aromatic N) is 4. The third kappa shape index (κ3) is 4.92. The normalized spacial score (nSPS) is 18.9. The molecule has 0 saturated carbocycles. The summed E-state index contributed by atoms with van der Waals surface area (Å²) in [7, 11) is 0. The topological polar surface area (TPSA) is 93.9 Å². The van der Waals surface area contributed by atoms with Crippen LogP contribution < -0.4 is 4.90 Å². The van der Waals surface area contributed by atoms with Crippen LogP contribution in [0.5, 0.6) is 0 Å². The Balaban J connectivity index is 1.58. The van der Waals surface area contributed by atoms with Crippen LogP contribution in [0.2, 0.25) is 0 Å². The summed E-state index contributed by atoms with van der Waals surface area (Å²) in [5.41, 5.74) is 1.01. The summed E-state index contributed by atoms with van der Waals surface area (Å²) in [5, 5.41) is 8.99. The Morgan fingerprint density at radius 3 is 2.39 bits per heavy atom. The molecule has 4 rings (SSSR count). The number of carbonyl (C=O) groups excluding carboxylic acids is 3. The van der Waals surface area contributed by atoms with E-state index < -0.39 is 29.6 Å². The van der Waals surface area contributed by atoms with E-state index in [0.29, 0.717) is 44.1 Å². The fourth-order valence-corrected chi connectivity index (χ4v) is 4.05. The van der Waals surface area contributed by atoms with Gasteiger partial charge in [0.15, 0.2) is 0 Å². The number of nitriles is 1. The van der Waals surface area contributed by atoms with Gasteiger partial charge in [-0.25, -0.2) is 9.29 Å². The largest absolute Gasteiger partial charge is 0.379 e. The summed E-state index contributed by atoms with van der Waals surface area (Å²) in [5.74, 6) is -1.82. The third-order valence-electron chi connectivity index (χ3n) is 5.87. The van der Waals surface area contributed by atoms with Crippen LogP contribution in [0, 0.1) is 17.1 Å². The van der Waals surface area contributed by atoms with Crippen molar-refractivity contribution >= 4 is 23.4 Å². The quantitative estimate of drug-likeness (QED) is 0.623. The van der Waals surface area contributed by atoms with Crippen LogP contribution in [0.25, 0.3) is 0 Å². The van der Waals surface area contributed by atoms with E-state index >= 15 is 0 Å². The van der Waals surface area contributed by atoms with Crippen LogP contribution in [0.15, 0.2) is 48.5 Å². The van der Waals surface area contributed by atoms with Gasteiger partial charge in [0.25, 0.3) is 11.8 Å². The Labute approximate surface area is 190 Å². The lowest BCUT2D eigenvalue weighted by Gasteiger charge is -2.32. The van der Waals surface area contributed by atoms with Crippen molar-refractivity contribution in [1.29, 1.82) is 5.26 Å². The van der Waals surface area contributed by atoms with Crippen LogP contribution in [0.3, 0.4) is 0 Å². The number of halogens is 1. The molecule has 0 N–H and O–H groups in total. The average molecular weight is 450 g/mol. The van der Waals surface area contributed by atoms with Crippen molar-refractivity contribution in [2.45, 2.75) is 12.5 Å². The Bertz CT molecular complexity index is 1080. The van der Waals surface area contributed by atoms with Crippen molar-refractivity contribution < 1.29 is 23.5 Å². The van der Waals surface area contributed by atoms with Crippen LogP contribution in [0.1, 0.15) is 22.3 Å². The number of carbonyl (C=O) groups is 3. The Hall–Kier alpha value is -3.61. The first-order valence-electron chi connectivity index (χ1n) is 10.7. The van der Waals surface area contributed by atoms with E-state index in [1.165, 1.54) is 53.4 Å². The molecule has 2 heterocycles. The van der Waals surface area contributed by atoms with Gasteiger partial charge in [-0.2, -0.15) is 5.26 Å². The Morgan fingerprint density at radius 2 is 1.76 bits per heavy atom. The van der Waals surface area contributed by atoms with Crippen molar-refractivity contribution in [3.8, 4) is 6.07 Å². The predicted molar refractivity (Wildman–Crippen MR) is 117 cm³/mol. The predicted octanol–water partition coefficient (Wildman–Crippen LogP) is 1.80. The van der Waals surface area contributed by atoms with Crippen molar-refractivity contribution in [2.24, 2.45) is 0 Å². The number of imide groups is 1. The first-order chi connectivity index (χ1) is 16.0. The van der Waals surface area contributed by atoms with Crippen molar-refractivity contribution in [3.05, 3.63) is 65.5 Å². The van der Waals surface area contributed by atoms with Crippen molar-refractivity contribution in [3.63, 3.8) is 0 Å². The molecule has 3 amide bonds. The highest BCUT2D eigenvalue weighted by molar-refractivity contribution is 6.23. The lowest BCUT2D eigenvalue weighted by atomic mass is 10.1. The molecule has 0 bridgehead atoms. The summed E-state index contributed by atoms with van der Waals surface area (Å²) < 4.78 is 18.7. The lowest BCUT2D eigenvalue weighted by Crippen LogP contribution is -2.49. The van der Waals surface area contributed by atoms with E-state index in [1.54, 1.807) is 0 Å². The van der Waals surface area contributed by atoms with E-state index in [4.69, 9.17) is 10.00 Å². The fraction of sp³-hybridized carbons (Fsp3) is 0.333. The standard InChI is InChI=1S/C24H23FN4O4/c25-19-5-3-18(4-6-19)23(31)28(10-9-27-11-13-33-14-12-27)21-15-22(30)29(24(21)32)20-7-1-17(16-26)2-8-20/h1-8,21H,9-15H2. The smallest absolute Gasteiger partial charge is 0.257 e. The zero-order valence-corrected chi connectivity index (χ0v) is 17.9. The van der Waals surface area contributed by atoms with E-state index in [0.717, 1.165) is 4.90 Å². The minimum Gasteiger partial charge on any atom is -0.379 e. The van der Waals surface area contributed by atoms with Gasteiger partial charge in [-0.15, -0.1) is 0 Å². The molecular formula is C24H23FN4O4. The van der Waals surface area contributed by atoms with Gasteiger partial charge >= 0.3 is 0 Å². The van der Waals surface area contributed by atoms with Gasteiger partial charge in [-0.3, -0.25) is 19.3 Å². The van der Waals surface area contributed by atoms with Gasteiger partial charge in [-0.1, -0.05) is 0 Å². The highest BCUT2D eigenvalue weighted by Gasteiger charge is 2.44. The molecule has 2 aromatic rings. The molecule has 33 heavy (non-hydrogen) atoms. The third-order valence-corrected chi connectivity index (χ3v) is 5.87. The van der Waals surface area contributed by atoms with Crippen LogP contribution in [-0.2, 0) is 14.3 Å². The maximum Gasteiger partial charge on any atom is 0.257 e. The minimum absolute atomic E-state index is 0.144. The van der Waals surface area contributed by atoms with Crippen LogP contribution in [0.4, 0.5) is 10.1 Å². The number of hydrogen-bond donors (Lipinski definition) is 0. The maximum atomic E-state index is 13.4. The zero-order valence-electron chi connectivity index (χ0n) is 17.9. The van der Waals surface area contributed by atoms with Gasteiger partial charge in [-0.05, 0) is 48.5 Å². The molecule has 0 aliphatic carbocycles. The highest BCUT2D eigenvalue weighted by Crippen LogP contribution is 2.27. The summed E-state index contributed by atoms with van der Waals surface area (Å²) >= 11 is 0. The Kier molecular flexibility index (Phi) is 6.77. The molecule has 2 aliphatic heterocycles. The molecule has 8 nitrogen and oxygen atoms in total. The van der Waals surface area contributed by atoms with Crippen molar-refractivity contribution in [1.82, 2.24) is 9.80 Å². The number of benzene rings is 2. The van der Waals surface area contributed by atoms with Gasteiger partial charge in [0.2, 0.25) is 5.91 Å². The molecular weight excluding hydrogens is 427 g/mol. The molecule has 2 fully saturated rings. The second-order valence-electron chi connectivity index (χ2n) is 7.91. The van der Waals surface area contributed by atoms with E-state index in [9.17, 15) is 18.8 Å². The number of hydrogen-bond acceptors (Lipinski definition) is 6. The van der Waals surface area contributed by atoms with Crippen LogP contribution >= 0.6 is 0 Å². The monoisotopic (exact) mass is 450 g/mol. The number of anilines is 1. The molecule has 0 spiro atoms. The number of ether oxygens (including phenoxy) is 1. The Morgan fingerprint density at radius 1 is 1.09 bits per heavy atom. The molecule has 1 unspecified atom stereocenters. The maximum absolute atomic E-state index is 13.4. The molecule has 1 atom stereocenters. The summed E-state index contributed by atoms with van der Waals surface area (Å²) in [6.07, 6.45) is -0.144. The second kappa shape index (κ2) is 9.90. The first-order valence-corrected chi connectivity index (χ1v) is 10.7. The molecule has 0 aromatic heterocycles. The molecule has 2 saturated heterocycles. The minimum atomic E-state index is -0.966. The van der Waals surface area contributed by atoms with Gasteiger partial charge in [0.05, 0.1) is 37.0 Å². The van der Waals surface area contributed by atoms with E-state index in [-0.39, 0.29) is 18.5 Å². The molecule has 170 valence electrons. The average Bonchev–Trinajstić information content (AvgIpc) is 3.13. The van der Waals surface area contributed by atoms with Gasteiger partial charge in [0, 0.05) is 31.7 Å². The van der Waals surface area contributed by atoms with E-state index in [1.807, 2.05) is 6.07 Å². The second-order valence-corrected chi connectivity index (χ2v) is 7.91. The van der Waals surface area contributed by atoms with Gasteiger partial charge < -0.3 is 9.64 Å². The first kappa shape index (κ1) is 22.6. The molecule has 2 aliphatic rings. The zero-order chi connectivity index (χ0) is 23.4.